The molecule has 0 spiro atoms. The van der Waals surface area contributed by atoms with Crippen LogP contribution in [0.4, 0.5) is 8.78 Å². The lowest BCUT2D eigenvalue weighted by Gasteiger charge is -2.11. The first-order valence-corrected chi connectivity index (χ1v) is 6.26. The Bertz CT molecular complexity index is 613. The second-order valence-corrected chi connectivity index (χ2v) is 4.89. The molecule has 17 heavy (non-hydrogen) atoms. The van der Waals surface area contributed by atoms with Gasteiger partial charge < -0.3 is 0 Å². The van der Waals surface area contributed by atoms with E-state index in [9.17, 15) is 8.78 Å². The van der Waals surface area contributed by atoms with Gasteiger partial charge in [-0.05, 0) is 34.8 Å². The maximum atomic E-state index is 13.6. The van der Waals surface area contributed by atoms with Gasteiger partial charge in [0.05, 0.1) is 9.50 Å². The fourth-order valence-electron chi connectivity index (χ4n) is 1.85. The smallest absolute Gasteiger partial charge is 0.152 e. The number of aromatic nitrogens is 1. The molecule has 0 aliphatic carbocycles. The largest absolute Gasteiger partial charge is 0.250 e. The summed E-state index contributed by atoms with van der Waals surface area (Å²) in [6.45, 7) is 3.69. The van der Waals surface area contributed by atoms with Gasteiger partial charge in [-0.3, -0.25) is 0 Å². The van der Waals surface area contributed by atoms with Crippen molar-refractivity contribution in [2.75, 3.05) is 0 Å². The van der Waals surface area contributed by atoms with E-state index in [4.69, 9.17) is 11.6 Å². The van der Waals surface area contributed by atoms with Gasteiger partial charge in [0.2, 0.25) is 0 Å². The Morgan fingerprint density at radius 3 is 2.59 bits per heavy atom. The number of benzene rings is 1. The van der Waals surface area contributed by atoms with Crippen LogP contribution < -0.4 is 0 Å². The number of hydrogen-bond donors (Lipinski definition) is 0. The number of nitrogens with zero attached hydrogens (tertiary/aromatic N) is 1. The van der Waals surface area contributed by atoms with Crippen LogP contribution in [0.25, 0.3) is 10.9 Å². The molecule has 0 N–H and O–H groups in total. The first-order valence-electron chi connectivity index (χ1n) is 5.09. The van der Waals surface area contributed by atoms with E-state index in [1.54, 1.807) is 6.92 Å². The predicted molar refractivity (Wildman–Crippen MR) is 68.5 cm³/mol. The quantitative estimate of drug-likeness (QED) is 0.688. The van der Waals surface area contributed by atoms with Crippen molar-refractivity contribution in [2.45, 2.75) is 20.3 Å². The third-order valence-electron chi connectivity index (χ3n) is 2.70. The Balaban J connectivity index is 3.02. The molecule has 5 heteroatoms. The number of halogens is 4. The molecular formula is C12H9BrClF2N. The van der Waals surface area contributed by atoms with Crippen molar-refractivity contribution in [3.8, 4) is 0 Å². The van der Waals surface area contributed by atoms with E-state index in [2.05, 4.69) is 20.9 Å². The SMILES string of the molecule is CCc1c(C)nc2c(F)cc(F)c(Br)c2c1Cl. The van der Waals surface area contributed by atoms with E-state index >= 15 is 0 Å². The summed E-state index contributed by atoms with van der Waals surface area (Å²) in [5.41, 5.74) is 1.57. The maximum Gasteiger partial charge on any atom is 0.152 e. The highest BCUT2D eigenvalue weighted by molar-refractivity contribution is 9.10. The molecule has 2 aromatic rings. The van der Waals surface area contributed by atoms with Crippen molar-refractivity contribution in [2.24, 2.45) is 0 Å². The van der Waals surface area contributed by atoms with E-state index in [1.165, 1.54) is 0 Å². The van der Waals surface area contributed by atoms with E-state index < -0.39 is 11.6 Å². The minimum absolute atomic E-state index is 0.0953. The molecule has 0 unspecified atom stereocenters. The summed E-state index contributed by atoms with van der Waals surface area (Å²) >= 11 is 9.28. The van der Waals surface area contributed by atoms with Gasteiger partial charge in [-0.2, -0.15) is 0 Å². The zero-order valence-electron chi connectivity index (χ0n) is 9.24. The zero-order chi connectivity index (χ0) is 12.7. The van der Waals surface area contributed by atoms with Crippen molar-refractivity contribution in [1.82, 2.24) is 4.98 Å². The fourth-order valence-corrected chi connectivity index (χ4v) is 2.92. The van der Waals surface area contributed by atoms with Gasteiger partial charge in [-0.25, -0.2) is 13.8 Å². The van der Waals surface area contributed by atoms with Crippen molar-refractivity contribution in [1.29, 1.82) is 0 Å². The molecule has 0 radical (unpaired) electrons. The molecule has 0 aliphatic heterocycles. The summed E-state index contributed by atoms with van der Waals surface area (Å²) in [4.78, 5) is 4.15. The van der Waals surface area contributed by atoms with Gasteiger partial charge in [-0.15, -0.1) is 0 Å². The molecule has 0 amide bonds. The average molecular weight is 321 g/mol. The van der Waals surface area contributed by atoms with Crippen LogP contribution in [0.5, 0.6) is 0 Å². The second kappa shape index (κ2) is 4.50. The molecule has 0 aliphatic rings. The number of fused-ring (bicyclic) bond motifs is 1. The highest BCUT2D eigenvalue weighted by atomic mass is 79.9. The predicted octanol–water partition coefficient (Wildman–Crippen LogP) is 4.80. The molecule has 1 nitrogen and oxygen atoms in total. The van der Waals surface area contributed by atoms with Crippen LogP contribution in [0.1, 0.15) is 18.2 Å². The van der Waals surface area contributed by atoms with Crippen molar-refractivity contribution >= 4 is 38.4 Å². The van der Waals surface area contributed by atoms with Gasteiger partial charge in [0.1, 0.15) is 11.3 Å². The maximum absolute atomic E-state index is 13.6. The Kier molecular flexibility index (Phi) is 3.36. The van der Waals surface area contributed by atoms with Crippen molar-refractivity contribution in [3.05, 3.63) is 38.5 Å². The molecule has 0 fully saturated rings. The third kappa shape index (κ3) is 1.93. The topological polar surface area (TPSA) is 12.9 Å². The Morgan fingerprint density at radius 1 is 1.35 bits per heavy atom. The molecule has 0 saturated heterocycles. The van der Waals surface area contributed by atoms with Crippen molar-refractivity contribution in [3.63, 3.8) is 0 Å². The lowest BCUT2D eigenvalue weighted by atomic mass is 10.1. The number of pyridine rings is 1. The lowest BCUT2D eigenvalue weighted by Crippen LogP contribution is -1.98. The van der Waals surface area contributed by atoms with E-state index in [-0.39, 0.29) is 9.99 Å². The van der Waals surface area contributed by atoms with Crippen LogP contribution in [-0.2, 0) is 6.42 Å². The normalized spacial score (nSPS) is 11.2. The standard InChI is InChI=1S/C12H9BrClF2N/c1-3-6-5(2)17-12-8(16)4-7(15)10(13)9(12)11(6)14/h4H,3H2,1-2H3. The van der Waals surface area contributed by atoms with Gasteiger partial charge in [-0.1, -0.05) is 18.5 Å². The van der Waals surface area contributed by atoms with Crippen LogP contribution in [-0.4, -0.2) is 4.98 Å². The van der Waals surface area contributed by atoms with Gasteiger partial charge in [0, 0.05) is 17.1 Å². The first-order chi connectivity index (χ1) is 7.97. The molecule has 1 heterocycles. The van der Waals surface area contributed by atoms with E-state index in [0.29, 0.717) is 22.5 Å². The Labute approximate surface area is 111 Å². The molecule has 0 atom stereocenters. The summed E-state index contributed by atoms with van der Waals surface area (Å²) in [7, 11) is 0. The van der Waals surface area contributed by atoms with Gasteiger partial charge >= 0.3 is 0 Å². The minimum Gasteiger partial charge on any atom is -0.250 e. The zero-order valence-corrected chi connectivity index (χ0v) is 11.6. The first kappa shape index (κ1) is 12.7. The van der Waals surface area contributed by atoms with Crippen molar-refractivity contribution < 1.29 is 8.78 Å². The Morgan fingerprint density at radius 2 is 2.00 bits per heavy atom. The molecule has 1 aromatic carbocycles. The fraction of sp³-hybridized carbons (Fsp3) is 0.250. The minimum atomic E-state index is -0.701. The van der Waals surface area contributed by atoms with Gasteiger partial charge in [0.25, 0.3) is 0 Å². The molecule has 1 aromatic heterocycles. The summed E-state index contributed by atoms with van der Waals surface area (Å²) in [6.07, 6.45) is 0.665. The van der Waals surface area contributed by atoms with Crippen LogP contribution in [0.3, 0.4) is 0 Å². The molecule has 90 valence electrons. The molecule has 0 saturated carbocycles. The number of hydrogen-bond acceptors (Lipinski definition) is 1. The number of rotatable bonds is 1. The third-order valence-corrected chi connectivity index (χ3v) is 3.89. The number of aryl methyl sites for hydroxylation is 1. The summed E-state index contributed by atoms with van der Waals surface area (Å²) in [6, 6.07) is 0.806. The van der Waals surface area contributed by atoms with Crippen LogP contribution in [0.15, 0.2) is 10.5 Å². The molecular weight excluding hydrogens is 311 g/mol. The van der Waals surface area contributed by atoms with Crippen LogP contribution >= 0.6 is 27.5 Å². The van der Waals surface area contributed by atoms with E-state index in [0.717, 1.165) is 11.6 Å². The second-order valence-electron chi connectivity index (χ2n) is 3.72. The lowest BCUT2D eigenvalue weighted by molar-refractivity contribution is 0.586. The summed E-state index contributed by atoms with van der Waals surface area (Å²) in [5, 5.41) is 0.659. The van der Waals surface area contributed by atoms with Crippen LogP contribution in [0.2, 0.25) is 5.02 Å². The average Bonchev–Trinajstić information content (AvgIpc) is 2.26. The van der Waals surface area contributed by atoms with Crippen LogP contribution in [0, 0.1) is 18.6 Å². The summed E-state index contributed by atoms with van der Waals surface area (Å²) < 4.78 is 27.2. The van der Waals surface area contributed by atoms with E-state index in [1.807, 2.05) is 6.92 Å². The Hall–Kier alpha value is -0.740. The van der Waals surface area contributed by atoms with Gasteiger partial charge in [0.15, 0.2) is 5.82 Å². The summed E-state index contributed by atoms with van der Waals surface area (Å²) in [5.74, 6) is -1.38. The highest BCUT2D eigenvalue weighted by Gasteiger charge is 2.18. The molecule has 0 bridgehead atoms. The highest BCUT2D eigenvalue weighted by Crippen LogP contribution is 2.36. The monoisotopic (exact) mass is 319 g/mol. The molecule has 2 rings (SSSR count).